The molecule has 4 nitrogen and oxygen atoms in total. The Morgan fingerprint density at radius 2 is 2.21 bits per heavy atom. The zero-order valence-corrected chi connectivity index (χ0v) is 9.63. The Bertz CT molecular complexity index is 276. The van der Waals surface area contributed by atoms with Crippen molar-refractivity contribution in [2.45, 2.75) is 19.9 Å². The fraction of sp³-hybridized carbons (Fsp3) is 1.00. The van der Waals surface area contributed by atoms with Crippen LogP contribution in [-0.2, 0) is 9.84 Å². The molecule has 2 unspecified atom stereocenters. The van der Waals surface area contributed by atoms with E-state index in [1.807, 2.05) is 13.8 Å². The predicted octanol–water partition coefficient (Wildman–Crippen LogP) is -0.266. The molecule has 1 fully saturated rings. The van der Waals surface area contributed by atoms with Crippen LogP contribution < -0.4 is 0 Å². The topological polar surface area (TPSA) is 57.6 Å². The molecule has 0 bridgehead atoms. The first-order valence-corrected chi connectivity index (χ1v) is 6.82. The molecule has 1 aliphatic rings. The first-order chi connectivity index (χ1) is 6.44. The molecule has 0 spiro atoms. The highest BCUT2D eigenvalue weighted by Crippen LogP contribution is 2.13. The summed E-state index contributed by atoms with van der Waals surface area (Å²) in [5.74, 6) is 0.735. The number of nitrogens with zero attached hydrogens (tertiary/aromatic N) is 1. The molecule has 0 aromatic carbocycles. The second-order valence-electron chi connectivity index (χ2n) is 4.25. The molecule has 2 atom stereocenters. The molecule has 1 N–H and O–H groups in total. The van der Waals surface area contributed by atoms with E-state index in [1.165, 1.54) is 0 Å². The van der Waals surface area contributed by atoms with E-state index in [4.69, 9.17) is 5.11 Å². The Hall–Kier alpha value is -0.130. The zero-order valence-electron chi connectivity index (χ0n) is 8.81. The Morgan fingerprint density at radius 1 is 1.57 bits per heavy atom. The normalized spacial score (nSPS) is 30.1. The van der Waals surface area contributed by atoms with Crippen molar-refractivity contribution >= 4 is 9.84 Å². The Balaban J connectivity index is 2.50. The lowest BCUT2D eigenvalue weighted by atomic mass is 10.1. The van der Waals surface area contributed by atoms with Crippen LogP contribution in [0.5, 0.6) is 0 Å². The summed E-state index contributed by atoms with van der Waals surface area (Å²) in [4.78, 5) is 2.14. The van der Waals surface area contributed by atoms with Crippen LogP contribution in [0.25, 0.3) is 0 Å². The van der Waals surface area contributed by atoms with Gasteiger partial charge in [0, 0.05) is 25.7 Å². The summed E-state index contributed by atoms with van der Waals surface area (Å²) in [6, 6.07) is 0.0859. The van der Waals surface area contributed by atoms with Crippen molar-refractivity contribution in [3.8, 4) is 0 Å². The molecule has 0 aromatic heterocycles. The molecule has 0 amide bonds. The SMILES string of the molecule is CC(CO)CN1CCS(=O)(=O)CC1C. The lowest BCUT2D eigenvalue weighted by molar-refractivity contribution is 0.152. The van der Waals surface area contributed by atoms with Crippen molar-refractivity contribution in [2.75, 3.05) is 31.2 Å². The van der Waals surface area contributed by atoms with Gasteiger partial charge in [-0.2, -0.15) is 0 Å². The predicted molar refractivity (Wildman–Crippen MR) is 55.9 cm³/mol. The van der Waals surface area contributed by atoms with Crippen molar-refractivity contribution < 1.29 is 13.5 Å². The Kier molecular flexibility index (Phi) is 3.92. The molecular weight excluding hydrogens is 202 g/mol. The molecule has 1 rings (SSSR count). The van der Waals surface area contributed by atoms with E-state index in [0.717, 1.165) is 6.54 Å². The van der Waals surface area contributed by atoms with Crippen LogP contribution in [-0.4, -0.2) is 55.7 Å². The molecule has 1 saturated heterocycles. The summed E-state index contributed by atoms with van der Waals surface area (Å²) in [5, 5.41) is 8.91. The van der Waals surface area contributed by atoms with E-state index in [0.29, 0.717) is 6.54 Å². The maximum absolute atomic E-state index is 11.3. The van der Waals surface area contributed by atoms with Gasteiger partial charge in [0.25, 0.3) is 0 Å². The van der Waals surface area contributed by atoms with Crippen LogP contribution in [0.4, 0.5) is 0 Å². The molecule has 0 aromatic rings. The highest BCUT2D eigenvalue weighted by molar-refractivity contribution is 7.91. The zero-order chi connectivity index (χ0) is 10.8. The van der Waals surface area contributed by atoms with E-state index in [1.54, 1.807) is 0 Å². The molecule has 1 heterocycles. The van der Waals surface area contributed by atoms with Crippen LogP contribution >= 0.6 is 0 Å². The third-order valence-electron chi connectivity index (χ3n) is 2.67. The average Bonchev–Trinajstić information content (AvgIpc) is 2.09. The second-order valence-corrected chi connectivity index (χ2v) is 6.47. The first kappa shape index (κ1) is 11.9. The van der Waals surface area contributed by atoms with Gasteiger partial charge in [-0.25, -0.2) is 8.42 Å². The summed E-state index contributed by atoms with van der Waals surface area (Å²) < 4.78 is 22.6. The molecular formula is C9H19NO3S. The second kappa shape index (κ2) is 4.59. The Morgan fingerprint density at radius 3 is 2.71 bits per heavy atom. The van der Waals surface area contributed by atoms with E-state index in [-0.39, 0.29) is 30.1 Å². The molecule has 0 aliphatic carbocycles. The van der Waals surface area contributed by atoms with Gasteiger partial charge in [-0.1, -0.05) is 6.92 Å². The fourth-order valence-corrected chi connectivity index (χ4v) is 3.39. The number of hydrogen-bond acceptors (Lipinski definition) is 4. The van der Waals surface area contributed by atoms with Crippen molar-refractivity contribution in [3.05, 3.63) is 0 Å². The molecule has 84 valence electrons. The number of aliphatic hydroxyl groups excluding tert-OH is 1. The lowest BCUT2D eigenvalue weighted by Gasteiger charge is -2.34. The maximum Gasteiger partial charge on any atom is 0.153 e. The minimum absolute atomic E-state index is 0.0859. The summed E-state index contributed by atoms with van der Waals surface area (Å²) in [7, 11) is -2.81. The van der Waals surface area contributed by atoms with Crippen molar-refractivity contribution in [3.63, 3.8) is 0 Å². The largest absolute Gasteiger partial charge is 0.396 e. The smallest absolute Gasteiger partial charge is 0.153 e. The molecule has 1 aliphatic heterocycles. The number of aliphatic hydroxyl groups is 1. The van der Waals surface area contributed by atoms with Gasteiger partial charge in [-0.05, 0) is 12.8 Å². The van der Waals surface area contributed by atoms with Gasteiger partial charge in [0.05, 0.1) is 11.5 Å². The minimum atomic E-state index is -2.81. The quantitative estimate of drug-likeness (QED) is 0.713. The van der Waals surface area contributed by atoms with E-state index in [2.05, 4.69) is 4.90 Å². The van der Waals surface area contributed by atoms with Crippen molar-refractivity contribution in [2.24, 2.45) is 5.92 Å². The summed E-state index contributed by atoms with van der Waals surface area (Å²) >= 11 is 0. The van der Waals surface area contributed by atoms with Gasteiger partial charge in [0.15, 0.2) is 9.84 Å². The lowest BCUT2D eigenvalue weighted by Crippen LogP contribution is -2.48. The van der Waals surface area contributed by atoms with E-state index >= 15 is 0 Å². The highest BCUT2D eigenvalue weighted by atomic mass is 32.2. The van der Waals surface area contributed by atoms with Gasteiger partial charge in [-0.3, -0.25) is 4.90 Å². The van der Waals surface area contributed by atoms with Gasteiger partial charge in [0.2, 0.25) is 0 Å². The van der Waals surface area contributed by atoms with E-state index < -0.39 is 9.84 Å². The van der Waals surface area contributed by atoms with Gasteiger partial charge >= 0.3 is 0 Å². The minimum Gasteiger partial charge on any atom is -0.396 e. The van der Waals surface area contributed by atoms with Crippen LogP contribution in [0.3, 0.4) is 0 Å². The van der Waals surface area contributed by atoms with Crippen LogP contribution in [0.1, 0.15) is 13.8 Å². The number of rotatable bonds is 3. The van der Waals surface area contributed by atoms with Crippen molar-refractivity contribution in [1.29, 1.82) is 0 Å². The van der Waals surface area contributed by atoms with Gasteiger partial charge < -0.3 is 5.11 Å². The van der Waals surface area contributed by atoms with Gasteiger partial charge in [-0.15, -0.1) is 0 Å². The molecule has 0 saturated carbocycles. The third kappa shape index (κ3) is 3.22. The average molecular weight is 221 g/mol. The third-order valence-corrected chi connectivity index (χ3v) is 4.46. The summed E-state index contributed by atoms with van der Waals surface area (Å²) in [6.07, 6.45) is 0. The molecule has 14 heavy (non-hydrogen) atoms. The fourth-order valence-electron chi connectivity index (χ4n) is 1.76. The summed E-state index contributed by atoms with van der Waals surface area (Å²) in [5.41, 5.74) is 0. The van der Waals surface area contributed by atoms with Crippen LogP contribution in [0.2, 0.25) is 0 Å². The van der Waals surface area contributed by atoms with E-state index in [9.17, 15) is 8.42 Å². The maximum atomic E-state index is 11.3. The Labute approximate surface area is 85.8 Å². The van der Waals surface area contributed by atoms with Gasteiger partial charge in [0.1, 0.15) is 0 Å². The highest BCUT2D eigenvalue weighted by Gasteiger charge is 2.28. The standard InChI is InChI=1S/C9H19NO3S/c1-8(6-11)5-10-3-4-14(12,13)7-9(10)2/h8-9,11H,3-7H2,1-2H3. The summed E-state index contributed by atoms with van der Waals surface area (Å²) in [6.45, 7) is 5.45. The van der Waals surface area contributed by atoms with Crippen molar-refractivity contribution in [1.82, 2.24) is 4.90 Å². The van der Waals surface area contributed by atoms with Crippen LogP contribution in [0, 0.1) is 5.92 Å². The molecule has 5 heteroatoms. The monoisotopic (exact) mass is 221 g/mol. The number of hydrogen-bond donors (Lipinski definition) is 1. The molecule has 0 radical (unpaired) electrons. The number of sulfone groups is 1. The van der Waals surface area contributed by atoms with Crippen LogP contribution in [0.15, 0.2) is 0 Å². The first-order valence-electron chi connectivity index (χ1n) is 5.00.